The van der Waals surface area contributed by atoms with Crippen molar-refractivity contribution in [2.45, 2.75) is 11.5 Å². The van der Waals surface area contributed by atoms with Crippen molar-refractivity contribution in [3.8, 4) is 5.75 Å². The molecule has 28 heavy (non-hydrogen) atoms. The molecule has 0 fully saturated rings. The van der Waals surface area contributed by atoms with Gasteiger partial charge in [0, 0.05) is 15.1 Å². The summed E-state index contributed by atoms with van der Waals surface area (Å²) >= 11 is 9.19. The smallest absolute Gasteiger partial charge is 0.276 e. The van der Waals surface area contributed by atoms with Gasteiger partial charge in [0.2, 0.25) is 0 Å². The molecule has 1 N–H and O–H groups in total. The van der Waals surface area contributed by atoms with Crippen LogP contribution >= 0.6 is 27.5 Å². The SMILES string of the molecule is O=S(=O)(NN=Cc1cc(Br)ccc1OCc1ccccc1)c1ccc(Cl)cc1. The first-order chi connectivity index (χ1) is 13.4. The molecule has 0 spiro atoms. The molecule has 144 valence electrons. The third kappa shape index (κ3) is 5.58. The van der Waals surface area contributed by atoms with Crippen molar-refractivity contribution in [1.29, 1.82) is 0 Å². The number of ether oxygens (including phenoxy) is 1. The molecule has 0 saturated carbocycles. The lowest BCUT2D eigenvalue weighted by Gasteiger charge is -2.10. The Morgan fingerprint density at radius 3 is 2.46 bits per heavy atom. The lowest BCUT2D eigenvalue weighted by molar-refractivity contribution is 0.305. The van der Waals surface area contributed by atoms with Crippen LogP contribution in [0.5, 0.6) is 5.75 Å². The molecule has 3 rings (SSSR count). The lowest BCUT2D eigenvalue weighted by atomic mass is 10.2. The summed E-state index contributed by atoms with van der Waals surface area (Å²) in [6.45, 7) is 0.389. The maximum atomic E-state index is 12.3. The Morgan fingerprint density at radius 2 is 1.75 bits per heavy atom. The van der Waals surface area contributed by atoms with Gasteiger partial charge >= 0.3 is 0 Å². The molecule has 0 aliphatic heterocycles. The van der Waals surface area contributed by atoms with E-state index in [9.17, 15) is 8.42 Å². The van der Waals surface area contributed by atoms with Gasteiger partial charge in [-0.2, -0.15) is 13.5 Å². The first-order valence-electron chi connectivity index (χ1n) is 8.21. The second-order valence-corrected chi connectivity index (χ2v) is 8.78. The molecule has 5 nitrogen and oxygen atoms in total. The average molecular weight is 480 g/mol. The highest BCUT2D eigenvalue weighted by molar-refractivity contribution is 9.10. The monoisotopic (exact) mass is 478 g/mol. The normalized spacial score (nSPS) is 11.5. The minimum absolute atomic E-state index is 0.0730. The van der Waals surface area contributed by atoms with Crippen molar-refractivity contribution in [2.24, 2.45) is 5.10 Å². The van der Waals surface area contributed by atoms with Crippen molar-refractivity contribution in [3.05, 3.63) is 93.4 Å². The zero-order valence-corrected chi connectivity index (χ0v) is 17.7. The molecule has 0 unspecified atom stereocenters. The highest BCUT2D eigenvalue weighted by Gasteiger charge is 2.12. The molecule has 0 bridgehead atoms. The quantitative estimate of drug-likeness (QED) is 0.383. The fourth-order valence-electron chi connectivity index (χ4n) is 2.32. The molecule has 8 heteroatoms. The fourth-order valence-corrected chi connectivity index (χ4v) is 3.61. The van der Waals surface area contributed by atoms with Crippen LogP contribution in [-0.4, -0.2) is 14.6 Å². The van der Waals surface area contributed by atoms with Gasteiger partial charge in [0.1, 0.15) is 12.4 Å². The van der Waals surface area contributed by atoms with Crippen LogP contribution in [-0.2, 0) is 16.6 Å². The first kappa shape index (κ1) is 20.4. The lowest BCUT2D eigenvalue weighted by Crippen LogP contribution is -2.18. The molecular formula is C20H16BrClN2O3S. The zero-order chi connectivity index (χ0) is 20.0. The van der Waals surface area contributed by atoms with Gasteiger partial charge < -0.3 is 4.74 Å². The van der Waals surface area contributed by atoms with Crippen molar-refractivity contribution >= 4 is 43.8 Å². The van der Waals surface area contributed by atoms with Gasteiger partial charge in [-0.05, 0) is 48.0 Å². The first-order valence-corrected chi connectivity index (χ1v) is 10.9. The Labute approximate surface area is 177 Å². The van der Waals surface area contributed by atoms with Crippen molar-refractivity contribution in [1.82, 2.24) is 4.83 Å². The van der Waals surface area contributed by atoms with E-state index in [2.05, 4.69) is 25.9 Å². The topological polar surface area (TPSA) is 67.8 Å². The van der Waals surface area contributed by atoms with Gasteiger partial charge in [-0.15, -0.1) is 0 Å². The predicted octanol–water partition coefficient (Wildman–Crippen LogP) is 4.99. The molecule has 3 aromatic rings. The van der Waals surface area contributed by atoms with Gasteiger partial charge in [0.05, 0.1) is 11.1 Å². The fraction of sp³-hybridized carbons (Fsp3) is 0.0500. The highest BCUT2D eigenvalue weighted by Crippen LogP contribution is 2.23. The van der Waals surface area contributed by atoms with Gasteiger partial charge in [-0.1, -0.05) is 57.9 Å². The molecule has 0 amide bonds. The Bertz CT molecular complexity index is 1070. The number of hydrogen-bond donors (Lipinski definition) is 1. The average Bonchev–Trinajstić information content (AvgIpc) is 2.68. The summed E-state index contributed by atoms with van der Waals surface area (Å²) in [4.78, 5) is 2.26. The van der Waals surface area contributed by atoms with E-state index in [0.717, 1.165) is 10.0 Å². The second-order valence-electron chi connectivity index (χ2n) is 5.76. The van der Waals surface area contributed by atoms with Crippen LogP contribution in [0.25, 0.3) is 0 Å². The summed E-state index contributed by atoms with van der Waals surface area (Å²) in [5.74, 6) is 0.585. The number of nitrogens with one attached hydrogen (secondary N) is 1. The second kappa shape index (κ2) is 9.23. The molecule has 0 radical (unpaired) electrons. The molecular weight excluding hydrogens is 464 g/mol. The summed E-state index contributed by atoms with van der Waals surface area (Å²) in [5.41, 5.74) is 1.65. The maximum absolute atomic E-state index is 12.3. The molecule has 0 saturated heterocycles. The van der Waals surface area contributed by atoms with Crippen LogP contribution in [0.4, 0.5) is 0 Å². The van der Waals surface area contributed by atoms with E-state index in [1.54, 1.807) is 12.1 Å². The molecule has 0 heterocycles. The van der Waals surface area contributed by atoms with E-state index in [4.69, 9.17) is 16.3 Å². The summed E-state index contributed by atoms with van der Waals surface area (Å²) in [7, 11) is -3.78. The zero-order valence-electron chi connectivity index (χ0n) is 14.5. The van der Waals surface area contributed by atoms with E-state index >= 15 is 0 Å². The molecule has 3 aromatic carbocycles. The van der Waals surface area contributed by atoms with E-state index in [0.29, 0.717) is 22.9 Å². The number of sulfonamides is 1. The van der Waals surface area contributed by atoms with Crippen LogP contribution < -0.4 is 9.57 Å². The van der Waals surface area contributed by atoms with E-state index < -0.39 is 10.0 Å². The van der Waals surface area contributed by atoms with Crippen LogP contribution in [0.3, 0.4) is 0 Å². The van der Waals surface area contributed by atoms with Crippen LogP contribution in [0, 0.1) is 0 Å². The number of halogens is 2. The summed E-state index contributed by atoms with van der Waals surface area (Å²) in [6, 6.07) is 21.0. The highest BCUT2D eigenvalue weighted by atomic mass is 79.9. The largest absolute Gasteiger partial charge is 0.488 e. The Balaban J connectivity index is 1.73. The Hall–Kier alpha value is -2.35. The van der Waals surface area contributed by atoms with Crippen LogP contribution in [0.15, 0.2) is 87.3 Å². The van der Waals surface area contributed by atoms with Crippen molar-refractivity contribution in [2.75, 3.05) is 0 Å². The van der Waals surface area contributed by atoms with Gasteiger partial charge in [-0.3, -0.25) is 0 Å². The number of rotatable bonds is 7. The Kier molecular flexibility index (Phi) is 6.72. The number of hydrogen-bond acceptors (Lipinski definition) is 4. The van der Waals surface area contributed by atoms with E-state index in [-0.39, 0.29) is 4.90 Å². The van der Waals surface area contributed by atoms with Crippen molar-refractivity contribution in [3.63, 3.8) is 0 Å². The minimum Gasteiger partial charge on any atom is -0.488 e. The van der Waals surface area contributed by atoms with Crippen molar-refractivity contribution < 1.29 is 13.2 Å². The minimum atomic E-state index is -3.78. The third-order valence-corrected chi connectivity index (χ3v) is 5.69. The molecule has 0 aliphatic carbocycles. The predicted molar refractivity (Wildman–Crippen MR) is 114 cm³/mol. The maximum Gasteiger partial charge on any atom is 0.276 e. The van der Waals surface area contributed by atoms with Gasteiger partial charge in [0.15, 0.2) is 0 Å². The number of benzene rings is 3. The number of nitrogens with zero attached hydrogens (tertiary/aromatic N) is 1. The summed E-state index contributed by atoms with van der Waals surface area (Å²) < 4.78 is 31.3. The summed E-state index contributed by atoms with van der Waals surface area (Å²) in [5, 5.41) is 4.33. The van der Waals surface area contributed by atoms with Crippen LogP contribution in [0.1, 0.15) is 11.1 Å². The van der Waals surface area contributed by atoms with Crippen LogP contribution in [0.2, 0.25) is 5.02 Å². The molecule has 0 aliphatic rings. The third-order valence-electron chi connectivity index (χ3n) is 3.71. The van der Waals surface area contributed by atoms with E-state index in [1.165, 1.54) is 30.5 Å². The van der Waals surface area contributed by atoms with Gasteiger partial charge in [-0.25, -0.2) is 4.83 Å². The standard InChI is InChI=1S/C20H16BrClN2O3S/c21-17-6-11-20(27-14-15-4-2-1-3-5-15)16(12-17)13-23-24-28(25,26)19-9-7-18(22)8-10-19/h1-13,24H,14H2. The Morgan fingerprint density at radius 1 is 1.04 bits per heavy atom. The van der Waals surface area contributed by atoms with Gasteiger partial charge in [0.25, 0.3) is 10.0 Å². The molecule has 0 atom stereocenters. The molecule has 0 aromatic heterocycles. The summed E-state index contributed by atoms with van der Waals surface area (Å²) in [6.07, 6.45) is 1.40. The van der Waals surface area contributed by atoms with E-state index in [1.807, 2.05) is 36.4 Å². The number of hydrazone groups is 1.